The summed E-state index contributed by atoms with van der Waals surface area (Å²) < 4.78 is 0.303. The lowest BCUT2D eigenvalue weighted by atomic mass is 9.98. The van der Waals surface area contributed by atoms with Crippen LogP contribution in [0.3, 0.4) is 0 Å². The van der Waals surface area contributed by atoms with Gasteiger partial charge < -0.3 is 5.32 Å². The van der Waals surface area contributed by atoms with Gasteiger partial charge in [0.2, 0.25) is 5.91 Å². The van der Waals surface area contributed by atoms with Crippen molar-refractivity contribution in [2.45, 2.75) is 37.5 Å². The largest absolute Gasteiger partial charge is 0.353 e. The quantitative estimate of drug-likeness (QED) is 0.630. The smallest absolute Gasteiger partial charge is 0.224 e. The van der Waals surface area contributed by atoms with Crippen molar-refractivity contribution >= 4 is 27.5 Å². The van der Waals surface area contributed by atoms with Crippen LogP contribution in [-0.4, -0.2) is 22.4 Å². The van der Waals surface area contributed by atoms with Crippen LogP contribution in [-0.2, 0) is 4.79 Å². The Kier molecular flexibility index (Phi) is 2.53. The lowest BCUT2D eigenvalue weighted by Gasteiger charge is -2.28. The molecule has 2 nitrogen and oxygen atoms in total. The summed E-state index contributed by atoms with van der Waals surface area (Å²) in [4.78, 5) is 11.4. The van der Waals surface area contributed by atoms with Crippen LogP contribution in [0.4, 0.5) is 0 Å². The number of rotatable bonds is 0. The lowest BCUT2D eigenvalue weighted by Crippen LogP contribution is -2.31. The molecule has 2 bridgehead atoms. The summed E-state index contributed by atoms with van der Waals surface area (Å²) in [7, 11) is 3.78. The third-order valence-corrected chi connectivity index (χ3v) is 5.97. The van der Waals surface area contributed by atoms with Gasteiger partial charge in [0.05, 0.1) is 0 Å². The van der Waals surface area contributed by atoms with Crippen molar-refractivity contribution in [2.75, 3.05) is 5.75 Å². The first-order valence-electron chi connectivity index (χ1n) is 4.68. The Morgan fingerprint density at radius 1 is 1.54 bits per heavy atom. The highest BCUT2D eigenvalue weighted by Gasteiger charge is 2.37. The highest BCUT2D eigenvalue weighted by atomic mass is 33.1. The van der Waals surface area contributed by atoms with Crippen molar-refractivity contribution < 1.29 is 4.79 Å². The summed E-state index contributed by atoms with van der Waals surface area (Å²) in [6.45, 7) is 4.52. The standard InChI is InChI=1S/C9H15NOS2/c1-9(2)4-7-3-6(5-12-13-9)8(11)10-7/h6-7H,3-5H2,1-2H3,(H,10,11). The van der Waals surface area contributed by atoms with E-state index in [4.69, 9.17) is 0 Å². The molecule has 13 heavy (non-hydrogen) atoms. The van der Waals surface area contributed by atoms with Crippen molar-refractivity contribution in [1.82, 2.24) is 5.32 Å². The first kappa shape index (κ1) is 9.71. The third kappa shape index (κ3) is 2.15. The predicted molar refractivity (Wildman–Crippen MR) is 58.8 cm³/mol. The van der Waals surface area contributed by atoms with Crippen LogP contribution in [0.25, 0.3) is 0 Å². The molecule has 4 heteroatoms. The van der Waals surface area contributed by atoms with E-state index in [9.17, 15) is 4.79 Å². The van der Waals surface area contributed by atoms with E-state index in [-0.39, 0.29) is 11.8 Å². The molecule has 0 spiro atoms. The zero-order chi connectivity index (χ0) is 9.47. The van der Waals surface area contributed by atoms with Crippen LogP contribution in [0.2, 0.25) is 0 Å². The van der Waals surface area contributed by atoms with Gasteiger partial charge in [-0.2, -0.15) is 0 Å². The fourth-order valence-electron chi connectivity index (χ4n) is 2.01. The van der Waals surface area contributed by atoms with Gasteiger partial charge in [-0.3, -0.25) is 4.79 Å². The molecule has 2 heterocycles. The minimum Gasteiger partial charge on any atom is -0.353 e. The Balaban J connectivity index is 2.09. The van der Waals surface area contributed by atoms with Crippen molar-refractivity contribution in [3.05, 3.63) is 0 Å². The van der Waals surface area contributed by atoms with Gasteiger partial charge in [0.25, 0.3) is 0 Å². The molecule has 2 aliphatic rings. The van der Waals surface area contributed by atoms with Gasteiger partial charge in [0, 0.05) is 22.5 Å². The fraction of sp³-hybridized carbons (Fsp3) is 0.889. The summed E-state index contributed by atoms with van der Waals surface area (Å²) in [6.07, 6.45) is 2.16. The minimum atomic E-state index is 0.274. The Labute approximate surface area is 87.0 Å². The molecule has 2 saturated heterocycles. The summed E-state index contributed by atoms with van der Waals surface area (Å²) >= 11 is 0. The number of carbonyl (C=O) groups excluding carboxylic acids is 1. The second-order valence-corrected chi connectivity index (χ2v) is 7.52. The molecule has 0 radical (unpaired) electrons. The van der Waals surface area contributed by atoms with E-state index in [1.54, 1.807) is 0 Å². The molecule has 2 unspecified atom stereocenters. The predicted octanol–water partition coefficient (Wildman–Crippen LogP) is 2.05. The Hall–Kier alpha value is 0.170. The van der Waals surface area contributed by atoms with Gasteiger partial charge in [0.15, 0.2) is 0 Å². The highest BCUT2D eigenvalue weighted by Crippen LogP contribution is 2.44. The molecule has 0 aromatic rings. The van der Waals surface area contributed by atoms with Crippen molar-refractivity contribution in [3.63, 3.8) is 0 Å². The van der Waals surface area contributed by atoms with Gasteiger partial charge in [-0.05, 0) is 26.7 Å². The molecule has 2 rings (SSSR count). The molecule has 74 valence electrons. The monoisotopic (exact) mass is 217 g/mol. The fourth-order valence-corrected chi connectivity index (χ4v) is 4.98. The van der Waals surface area contributed by atoms with E-state index in [0.717, 1.165) is 18.6 Å². The van der Waals surface area contributed by atoms with E-state index in [1.807, 2.05) is 21.6 Å². The molecule has 2 fully saturated rings. The Bertz CT molecular complexity index is 230. The minimum absolute atomic E-state index is 0.274. The maximum atomic E-state index is 11.4. The van der Waals surface area contributed by atoms with Crippen molar-refractivity contribution in [1.29, 1.82) is 0 Å². The van der Waals surface area contributed by atoms with Crippen LogP contribution in [0.5, 0.6) is 0 Å². The molecule has 0 aromatic heterocycles. The molecule has 2 atom stereocenters. The maximum absolute atomic E-state index is 11.4. The molecule has 2 aliphatic heterocycles. The van der Waals surface area contributed by atoms with Crippen LogP contribution >= 0.6 is 21.6 Å². The van der Waals surface area contributed by atoms with Crippen LogP contribution in [0, 0.1) is 5.92 Å². The average Bonchev–Trinajstić information content (AvgIpc) is 2.28. The zero-order valence-corrected chi connectivity index (χ0v) is 9.63. The summed E-state index contributed by atoms with van der Waals surface area (Å²) in [5.74, 6) is 1.53. The zero-order valence-electron chi connectivity index (χ0n) is 8.00. The topological polar surface area (TPSA) is 29.1 Å². The number of amides is 1. The Morgan fingerprint density at radius 3 is 3.08 bits per heavy atom. The van der Waals surface area contributed by atoms with Gasteiger partial charge in [-0.1, -0.05) is 21.6 Å². The number of fused-ring (bicyclic) bond motifs is 2. The van der Waals surface area contributed by atoms with E-state index in [0.29, 0.717) is 10.8 Å². The van der Waals surface area contributed by atoms with Crippen molar-refractivity contribution in [2.24, 2.45) is 5.92 Å². The first-order valence-corrected chi connectivity index (χ1v) is 7.00. The molecular formula is C9H15NOS2. The SMILES string of the molecule is CC1(C)CC2CC(CSS1)C(=O)N2. The van der Waals surface area contributed by atoms with Crippen molar-refractivity contribution in [3.8, 4) is 0 Å². The van der Waals surface area contributed by atoms with Crippen LogP contribution in [0.15, 0.2) is 0 Å². The Morgan fingerprint density at radius 2 is 2.31 bits per heavy atom. The number of carbonyl (C=O) groups is 1. The molecule has 0 aromatic carbocycles. The van der Waals surface area contributed by atoms with E-state index in [1.165, 1.54) is 0 Å². The van der Waals surface area contributed by atoms with E-state index >= 15 is 0 Å². The first-order chi connectivity index (χ1) is 6.07. The average molecular weight is 217 g/mol. The number of hydrogen-bond acceptors (Lipinski definition) is 3. The lowest BCUT2D eigenvalue weighted by molar-refractivity contribution is -0.122. The van der Waals surface area contributed by atoms with E-state index < -0.39 is 0 Å². The highest BCUT2D eigenvalue weighted by molar-refractivity contribution is 8.77. The van der Waals surface area contributed by atoms with Gasteiger partial charge in [-0.25, -0.2) is 0 Å². The molecular weight excluding hydrogens is 202 g/mol. The van der Waals surface area contributed by atoms with Gasteiger partial charge >= 0.3 is 0 Å². The van der Waals surface area contributed by atoms with Crippen LogP contribution in [0.1, 0.15) is 26.7 Å². The number of nitrogens with one attached hydrogen (secondary N) is 1. The summed E-state index contributed by atoms with van der Waals surface area (Å²) in [6, 6.07) is 0.431. The van der Waals surface area contributed by atoms with Gasteiger partial charge in [0.1, 0.15) is 0 Å². The van der Waals surface area contributed by atoms with E-state index in [2.05, 4.69) is 19.2 Å². The normalized spacial score (nSPS) is 37.8. The molecule has 1 amide bonds. The third-order valence-electron chi connectivity index (χ3n) is 2.58. The van der Waals surface area contributed by atoms with Gasteiger partial charge in [-0.15, -0.1) is 0 Å². The number of hydrogen-bond donors (Lipinski definition) is 1. The maximum Gasteiger partial charge on any atom is 0.224 e. The second kappa shape index (κ2) is 3.39. The second-order valence-electron chi connectivity index (χ2n) is 4.47. The van der Waals surface area contributed by atoms with Crippen LogP contribution < -0.4 is 5.32 Å². The summed E-state index contributed by atoms with van der Waals surface area (Å²) in [5, 5.41) is 3.09. The molecule has 1 N–H and O–H groups in total. The summed E-state index contributed by atoms with van der Waals surface area (Å²) in [5.41, 5.74) is 0. The molecule has 0 saturated carbocycles. The molecule has 0 aliphatic carbocycles.